The molecule has 28 heavy (non-hydrogen) atoms. The number of anilines is 1. The second kappa shape index (κ2) is 8.74. The zero-order chi connectivity index (χ0) is 19.3. The first-order valence-electron chi connectivity index (χ1n) is 10.2. The number of likely N-dealkylation sites (tertiary alicyclic amines) is 1. The number of halogens is 1. The molecule has 0 bridgehead atoms. The molecule has 1 amide bonds. The van der Waals surface area contributed by atoms with E-state index in [4.69, 9.17) is 0 Å². The van der Waals surface area contributed by atoms with Crippen LogP contribution in [0.3, 0.4) is 0 Å². The Morgan fingerprint density at radius 3 is 2.43 bits per heavy atom. The minimum absolute atomic E-state index is 0.109. The van der Waals surface area contributed by atoms with E-state index in [1.807, 2.05) is 18.2 Å². The van der Waals surface area contributed by atoms with Gasteiger partial charge in [0.25, 0.3) is 0 Å². The van der Waals surface area contributed by atoms with Crippen LogP contribution < -0.4 is 10.2 Å². The van der Waals surface area contributed by atoms with Gasteiger partial charge in [0.05, 0.1) is 12.2 Å². The van der Waals surface area contributed by atoms with Crippen LogP contribution in [0.4, 0.5) is 10.1 Å². The summed E-state index contributed by atoms with van der Waals surface area (Å²) in [5, 5.41) is 3.19. The van der Waals surface area contributed by atoms with Crippen LogP contribution in [0, 0.1) is 5.82 Å². The van der Waals surface area contributed by atoms with Crippen molar-refractivity contribution in [1.29, 1.82) is 0 Å². The van der Waals surface area contributed by atoms with E-state index in [9.17, 15) is 9.18 Å². The molecule has 1 N–H and O–H groups in total. The Morgan fingerprint density at radius 2 is 1.68 bits per heavy atom. The van der Waals surface area contributed by atoms with Crippen LogP contribution in [0.25, 0.3) is 0 Å². The first-order chi connectivity index (χ1) is 13.7. The third-order valence-corrected chi connectivity index (χ3v) is 5.96. The van der Waals surface area contributed by atoms with Crippen molar-refractivity contribution < 1.29 is 9.18 Å². The molecule has 148 valence electrons. The average molecular weight is 381 g/mol. The molecule has 2 aliphatic rings. The third kappa shape index (κ3) is 4.53. The molecule has 1 atom stereocenters. The maximum atomic E-state index is 13.9. The second-order valence-electron chi connectivity index (χ2n) is 7.91. The highest BCUT2D eigenvalue weighted by molar-refractivity contribution is 5.78. The molecule has 2 aromatic carbocycles. The Bertz CT molecular complexity index is 789. The Morgan fingerprint density at radius 1 is 0.964 bits per heavy atom. The lowest BCUT2D eigenvalue weighted by atomic mass is 9.99. The highest BCUT2D eigenvalue weighted by atomic mass is 19.1. The van der Waals surface area contributed by atoms with Gasteiger partial charge in [0.1, 0.15) is 5.82 Å². The highest BCUT2D eigenvalue weighted by Crippen LogP contribution is 2.27. The molecule has 2 saturated heterocycles. The number of piperidine rings is 1. The molecule has 0 saturated carbocycles. The number of para-hydroxylation sites is 1. The Hall–Kier alpha value is -2.40. The van der Waals surface area contributed by atoms with E-state index in [1.54, 1.807) is 6.07 Å². The summed E-state index contributed by atoms with van der Waals surface area (Å²) in [6, 6.07) is 17.7. The van der Waals surface area contributed by atoms with Crippen LogP contribution >= 0.6 is 0 Å². The molecule has 0 unspecified atom stereocenters. The van der Waals surface area contributed by atoms with E-state index < -0.39 is 0 Å². The number of amides is 1. The van der Waals surface area contributed by atoms with E-state index in [0.717, 1.165) is 45.4 Å². The topological polar surface area (TPSA) is 35.6 Å². The Balaban J connectivity index is 1.22. The van der Waals surface area contributed by atoms with Crippen LogP contribution in [0.15, 0.2) is 54.6 Å². The third-order valence-electron chi connectivity index (χ3n) is 5.96. The van der Waals surface area contributed by atoms with E-state index in [-0.39, 0.29) is 17.8 Å². The fourth-order valence-corrected chi connectivity index (χ4v) is 4.42. The number of rotatable bonds is 5. The van der Waals surface area contributed by atoms with Gasteiger partial charge in [0, 0.05) is 25.7 Å². The summed E-state index contributed by atoms with van der Waals surface area (Å²) in [7, 11) is 0. The van der Waals surface area contributed by atoms with Crippen LogP contribution in [0.1, 0.15) is 30.7 Å². The van der Waals surface area contributed by atoms with Crippen molar-refractivity contribution >= 4 is 11.6 Å². The highest BCUT2D eigenvalue weighted by Gasteiger charge is 2.27. The molecule has 2 heterocycles. The summed E-state index contributed by atoms with van der Waals surface area (Å²) < 4.78 is 13.9. The molecule has 2 fully saturated rings. The summed E-state index contributed by atoms with van der Waals surface area (Å²) in [6.07, 6.45) is 2.82. The van der Waals surface area contributed by atoms with Crippen molar-refractivity contribution in [2.75, 3.05) is 37.6 Å². The monoisotopic (exact) mass is 381 g/mol. The summed E-state index contributed by atoms with van der Waals surface area (Å²) in [4.78, 5) is 16.8. The fraction of sp³-hybridized carbons (Fsp3) is 0.435. The lowest BCUT2D eigenvalue weighted by Gasteiger charge is -2.34. The molecule has 0 aromatic heterocycles. The number of hydrogen-bond acceptors (Lipinski definition) is 3. The zero-order valence-corrected chi connectivity index (χ0v) is 16.2. The van der Waals surface area contributed by atoms with Crippen LogP contribution in [-0.2, 0) is 4.79 Å². The van der Waals surface area contributed by atoms with Crippen LogP contribution in [0.2, 0.25) is 0 Å². The summed E-state index contributed by atoms with van der Waals surface area (Å²) in [5.41, 5.74) is 2.03. The van der Waals surface area contributed by atoms with E-state index in [2.05, 4.69) is 39.4 Å². The van der Waals surface area contributed by atoms with E-state index in [1.165, 1.54) is 11.6 Å². The van der Waals surface area contributed by atoms with Gasteiger partial charge >= 0.3 is 0 Å². The van der Waals surface area contributed by atoms with Gasteiger partial charge in [0.15, 0.2) is 0 Å². The summed E-state index contributed by atoms with van der Waals surface area (Å²) in [5.74, 6) is 0.461. The number of nitrogens with one attached hydrogen (secondary N) is 1. The minimum Gasteiger partial charge on any atom is -0.369 e. The molecule has 4 nitrogen and oxygen atoms in total. The van der Waals surface area contributed by atoms with Gasteiger partial charge in [-0.05, 0) is 49.4 Å². The molecule has 0 aliphatic carbocycles. The number of carbonyl (C=O) groups excluding carboxylic acids is 1. The zero-order valence-electron chi connectivity index (χ0n) is 16.2. The maximum Gasteiger partial charge on any atom is 0.234 e. The molecule has 0 spiro atoms. The number of hydrogen-bond donors (Lipinski definition) is 1. The van der Waals surface area contributed by atoms with Gasteiger partial charge in [0.2, 0.25) is 5.91 Å². The maximum absolute atomic E-state index is 13.9. The second-order valence-corrected chi connectivity index (χ2v) is 7.91. The predicted molar refractivity (Wildman–Crippen MR) is 110 cm³/mol. The largest absolute Gasteiger partial charge is 0.369 e. The minimum atomic E-state index is -0.174. The van der Waals surface area contributed by atoms with E-state index >= 15 is 0 Å². The lowest BCUT2D eigenvalue weighted by molar-refractivity contribution is -0.122. The molecule has 5 heteroatoms. The van der Waals surface area contributed by atoms with Crippen molar-refractivity contribution in [2.45, 2.75) is 31.2 Å². The van der Waals surface area contributed by atoms with Crippen molar-refractivity contribution in [2.24, 2.45) is 0 Å². The molecule has 0 radical (unpaired) electrons. The van der Waals surface area contributed by atoms with Gasteiger partial charge in [-0.3, -0.25) is 9.69 Å². The first-order valence-corrected chi connectivity index (χ1v) is 10.2. The van der Waals surface area contributed by atoms with Gasteiger partial charge in [-0.1, -0.05) is 42.5 Å². The van der Waals surface area contributed by atoms with Crippen molar-refractivity contribution in [3.05, 3.63) is 66.0 Å². The predicted octanol–water partition coefficient (Wildman–Crippen LogP) is 3.40. The van der Waals surface area contributed by atoms with Crippen molar-refractivity contribution in [3.63, 3.8) is 0 Å². The van der Waals surface area contributed by atoms with Gasteiger partial charge in [-0.2, -0.15) is 0 Å². The van der Waals surface area contributed by atoms with Gasteiger partial charge in [-0.25, -0.2) is 4.39 Å². The number of nitrogens with zero attached hydrogens (tertiary/aromatic N) is 2. The molecular weight excluding hydrogens is 353 g/mol. The Labute approximate surface area is 166 Å². The average Bonchev–Trinajstić information content (AvgIpc) is 3.18. The summed E-state index contributed by atoms with van der Waals surface area (Å²) in [6.45, 7) is 3.93. The molecule has 4 rings (SSSR count). The smallest absolute Gasteiger partial charge is 0.234 e. The van der Waals surface area contributed by atoms with Gasteiger partial charge < -0.3 is 10.2 Å². The van der Waals surface area contributed by atoms with E-state index in [0.29, 0.717) is 18.2 Å². The van der Waals surface area contributed by atoms with Gasteiger partial charge in [-0.15, -0.1) is 0 Å². The first kappa shape index (κ1) is 18.9. The normalized spacial score (nSPS) is 21.0. The molecular formula is C23H28FN3O. The lowest BCUT2D eigenvalue weighted by Crippen LogP contribution is -2.47. The molecule has 2 aliphatic heterocycles. The standard InChI is InChI=1S/C23H28FN3O/c24-21-8-4-5-9-22(21)27-14-11-20(12-15-27)25-23(28)17-26-13-10-19(16-26)18-6-2-1-3-7-18/h1-9,19-20H,10-17H2,(H,25,28)/t19-/m1/s1. The van der Waals surface area contributed by atoms with Crippen molar-refractivity contribution in [3.8, 4) is 0 Å². The summed E-state index contributed by atoms with van der Waals surface area (Å²) >= 11 is 0. The fourth-order valence-electron chi connectivity index (χ4n) is 4.42. The Kier molecular flexibility index (Phi) is 5.91. The SMILES string of the molecule is O=C(CN1CC[C@@H](c2ccccc2)C1)NC1CCN(c2ccccc2F)CC1. The van der Waals surface area contributed by atoms with Crippen molar-refractivity contribution in [1.82, 2.24) is 10.2 Å². The number of carbonyl (C=O) groups is 1. The van der Waals surface area contributed by atoms with Crippen LogP contribution in [-0.4, -0.2) is 49.6 Å². The number of benzene rings is 2. The quantitative estimate of drug-likeness (QED) is 0.862. The molecule has 2 aromatic rings. The van der Waals surface area contributed by atoms with Crippen LogP contribution in [0.5, 0.6) is 0 Å².